The molecule has 25 atom stereocenters. The van der Waals surface area contributed by atoms with Crippen LogP contribution < -0.4 is 0 Å². The zero-order chi connectivity index (χ0) is 70.0. The summed E-state index contributed by atoms with van der Waals surface area (Å²) in [6.07, 6.45) is 45.1. The van der Waals surface area contributed by atoms with E-state index in [1.165, 1.54) is 198 Å². The summed E-state index contributed by atoms with van der Waals surface area (Å²) in [7, 11) is 0. The predicted octanol–water partition coefficient (Wildman–Crippen LogP) is 26.9. The van der Waals surface area contributed by atoms with Crippen molar-refractivity contribution in [2.24, 2.45) is 136 Å². The fourth-order valence-electron chi connectivity index (χ4n) is 31.3. The second kappa shape index (κ2) is 23.6. The Labute approximate surface area is 595 Å². The lowest BCUT2D eigenvalue weighted by Gasteiger charge is -2.64. The summed E-state index contributed by atoms with van der Waals surface area (Å²) in [5.74, 6) is 10.3. The van der Waals surface area contributed by atoms with Gasteiger partial charge in [0.1, 0.15) is 11.2 Å². The molecule has 0 spiro atoms. The molecular weight excluding hydrogens is 1170 g/mol. The molecule has 3 aliphatic heterocycles. The van der Waals surface area contributed by atoms with Gasteiger partial charge < -0.3 is 14.2 Å². The van der Waals surface area contributed by atoms with E-state index in [2.05, 4.69) is 193 Å². The van der Waals surface area contributed by atoms with Crippen LogP contribution in [0.1, 0.15) is 380 Å². The number of fused-ring (bicyclic) bond motifs is 10. The van der Waals surface area contributed by atoms with E-state index >= 15 is 0 Å². The van der Waals surface area contributed by atoms with Gasteiger partial charge in [0.15, 0.2) is 0 Å². The summed E-state index contributed by atoms with van der Waals surface area (Å²) in [6, 6.07) is 0. The van der Waals surface area contributed by atoms with Crippen LogP contribution in [0.15, 0.2) is 33.9 Å². The van der Waals surface area contributed by atoms with Crippen LogP contribution >= 0.6 is 0 Å². The van der Waals surface area contributed by atoms with Crippen molar-refractivity contribution < 1.29 is 14.2 Å². The largest absolute Gasteiger partial charge is 0.367 e. The number of epoxide rings is 3. The highest BCUT2D eigenvalue weighted by atomic mass is 16.6. The molecule has 546 valence electrons. The highest BCUT2D eigenvalue weighted by molar-refractivity contribution is 5.42. The van der Waals surface area contributed by atoms with Crippen LogP contribution in [-0.2, 0) is 14.2 Å². The highest BCUT2D eigenvalue weighted by Crippen LogP contribution is 2.87. The molecule has 0 aromatic carbocycles. The van der Waals surface area contributed by atoms with E-state index in [1.54, 1.807) is 0 Å². The van der Waals surface area contributed by atoms with E-state index in [4.69, 9.17) is 14.2 Å². The van der Waals surface area contributed by atoms with E-state index in [-0.39, 0.29) is 22.4 Å². The molecule has 0 N–H and O–H groups in total. The quantitative estimate of drug-likeness (QED) is 0.144. The number of allylic oxidation sites excluding steroid dienone is 6. The Morgan fingerprint density at radius 2 is 0.792 bits per heavy atom. The molecular formula is C93H156O3. The molecule has 0 amide bonds. The van der Waals surface area contributed by atoms with Crippen molar-refractivity contribution in [2.45, 2.75) is 414 Å². The minimum absolute atomic E-state index is 0.137. The van der Waals surface area contributed by atoms with E-state index in [9.17, 15) is 0 Å². The molecule has 15 aliphatic rings. The van der Waals surface area contributed by atoms with Crippen LogP contribution in [0.3, 0.4) is 0 Å². The van der Waals surface area contributed by atoms with Crippen molar-refractivity contribution >= 4 is 0 Å². The molecule has 8 saturated carbocycles. The fraction of sp³-hybridized carbons (Fsp3) is 0.935. The number of ether oxygens (including phenoxy) is 3. The Morgan fingerprint density at radius 3 is 1.23 bits per heavy atom. The Bertz CT molecular complexity index is 3050. The number of hydrogen-bond acceptors (Lipinski definition) is 3. The van der Waals surface area contributed by atoms with Crippen molar-refractivity contribution in [1.29, 1.82) is 0 Å². The van der Waals surface area contributed by atoms with Gasteiger partial charge in [-0.1, -0.05) is 179 Å². The van der Waals surface area contributed by atoms with E-state index in [0.29, 0.717) is 77.2 Å². The molecule has 3 saturated heterocycles. The first-order valence-electron chi connectivity index (χ1n) is 42.5. The molecule has 96 heavy (non-hydrogen) atoms. The van der Waals surface area contributed by atoms with E-state index in [1.807, 2.05) is 22.3 Å². The Morgan fingerprint density at radius 1 is 0.385 bits per heavy atom. The van der Waals surface area contributed by atoms with Gasteiger partial charge in [-0.15, -0.1) is 0 Å². The lowest BCUT2D eigenvalue weighted by Crippen LogP contribution is -2.65. The summed E-state index contributed by atoms with van der Waals surface area (Å²) in [5.41, 5.74) is 15.3. The highest BCUT2D eigenvalue weighted by Gasteiger charge is 2.90. The van der Waals surface area contributed by atoms with Gasteiger partial charge in [0.05, 0.1) is 23.4 Å². The molecule has 0 aromatic heterocycles. The van der Waals surface area contributed by atoms with Gasteiger partial charge in [0.2, 0.25) is 0 Å². The lowest BCUT2D eigenvalue weighted by molar-refractivity contribution is -0.136. The Hall–Kier alpha value is -0.900. The van der Waals surface area contributed by atoms with Gasteiger partial charge in [0, 0.05) is 10.8 Å². The fourth-order valence-corrected chi connectivity index (χ4v) is 31.3. The number of rotatable bonds is 12. The van der Waals surface area contributed by atoms with Crippen molar-refractivity contribution in [1.82, 2.24) is 0 Å². The van der Waals surface area contributed by atoms with Crippen LogP contribution in [0, 0.1) is 136 Å². The summed E-state index contributed by atoms with van der Waals surface area (Å²) in [4.78, 5) is 0. The standard InChI is InChI=1S/C31H52O2.C31H52O.C31H52/c1-20(10-11-24-26(5,6)32-24)22-13-16-29(9)27(22,7)18-19-30-28(8)15-12-21(2)25(3,4)23(28)14-17-31(29,30)33-30;1-20(10-13-26-28(5,6)32-26)22-15-18-31(9)24-11-12-25-27(3,4)21(2)14-17-29(25,7)23(24)16-19-30(22,31)8;1-21(2)11-10-12-22(3)24-16-19-31(9)26-13-14-27-28(5,6)23(4)15-18-29(27,7)25(26)17-20-30(24,31)8/h20-24H,10-19H2,1-9H3;20-22,25-26H,10-19H2,1-9H3;11,22-24,27H,10,12-20H2,1-9H3/t20?,21-,22?,23-,24?,27+,28-,29+,30?,31?;20?,21-,22?,25-,26?,29+,30+,31-;22?,23-,24?,27-,29+,30+,31-/m000/s1. The van der Waals surface area contributed by atoms with Gasteiger partial charge in [-0.05, 0) is 359 Å². The average molecular weight is 1320 g/mol. The molecule has 0 radical (unpaired) electrons. The third-order valence-corrected chi connectivity index (χ3v) is 39.7. The maximum absolute atomic E-state index is 7.34. The predicted molar refractivity (Wildman–Crippen MR) is 407 cm³/mol. The lowest BCUT2D eigenvalue weighted by atomic mass is 9.37. The van der Waals surface area contributed by atoms with Crippen molar-refractivity contribution in [3.8, 4) is 0 Å². The van der Waals surface area contributed by atoms with Crippen LogP contribution in [0.25, 0.3) is 0 Å². The topological polar surface area (TPSA) is 37.6 Å². The zero-order valence-electron chi connectivity index (χ0n) is 68.6. The molecule has 0 aromatic rings. The van der Waals surface area contributed by atoms with Gasteiger partial charge in [-0.2, -0.15) is 0 Å². The van der Waals surface area contributed by atoms with Crippen molar-refractivity contribution in [3.63, 3.8) is 0 Å². The smallest absolute Gasteiger partial charge is 0.104 e. The molecule has 12 aliphatic carbocycles. The van der Waals surface area contributed by atoms with Gasteiger partial charge in [-0.3, -0.25) is 0 Å². The molecule has 3 heterocycles. The number of hydrogen-bond donors (Lipinski definition) is 0. The molecule has 10 unspecified atom stereocenters. The first kappa shape index (κ1) is 73.4. The van der Waals surface area contributed by atoms with Crippen molar-refractivity contribution in [3.05, 3.63) is 33.9 Å². The van der Waals surface area contributed by atoms with E-state index < -0.39 is 0 Å². The summed E-state index contributed by atoms with van der Waals surface area (Å²) < 4.78 is 19.2. The normalized spacial score (nSPS) is 51.2. The third kappa shape index (κ3) is 10.2. The van der Waals surface area contributed by atoms with Crippen LogP contribution in [0.5, 0.6) is 0 Å². The third-order valence-electron chi connectivity index (χ3n) is 39.7. The maximum atomic E-state index is 7.34. The van der Waals surface area contributed by atoms with Crippen LogP contribution in [0.2, 0.25) is 0 Å². The summed E-state index contributed by atoms with van der Waals surface area (Å²) in [6.45, 7) is 68.7. The van der Waals surface area contributed by atoms with E-state index in [0.717, 1.165) is 71.0 Å². The SMILES string of the molecule is CC(C)=CCCC(C)C1CC[C@@]2(C)C3=C(CC[C@]12C)[C@@]1(C)CC[C@H](C)C(C)(C)[C@@H]1CC3.CC(CCC1OC1(C)C)C1CC[C@@]2(C)C34CC[C@H]5C(C)(C)[C@@H](C)CC[C@]5(C)C3(CC[C@]12C)O4.CC(CCC1OC1(C)C)C1CC[C@@]2(C)C3=C(CC[C@]12C)[C@@]1(C)CC[C@H](C)C(C)(C)[C@@H]1CC3. The van der Waals surface area contributed by atoms with Gasteiger partial charge in [0.25, 0.3) is 0 Å². The zero-order valence-corrected chi connectivity index (χ0v) is 68.6. The second-order valence-corrected chi connectivity index (χ2v) is 44.5. The first-order chi connectivity index (χ1) is 44.4. The molecule has 3 nitrogen and oxygen atoms in total. The van der Waals surface area contributed by atoms with Gasteiger partial charge >= 0.3 is 0 Å². The van der Waals surface area contributed by atoms with Crippen LogP contribution in [-0.4, -0.2) is 34.6 Å². The Balaban J connectivity index is 0.000000130. The van der Waals surface area contributed by atoms with Gasteiger partial charge in [-0.25, -0.2) is 0 Å². The molecule has 15 rings (SSSR count). The minimum atomic E-state index is 0.137. The minimum Gasteiger partial charge on any atom is -0.367 e. The second-order valence-electron chi connectivity index (χ2n) is 44.5. The molecule has 11 fully saturated rings. The summed E-state index contributed by atoms with van der Waals surface area (Å²) in [5, 5.41) is 0. The molecule has 3 heteroatoms. The summed E-state index contributed by atoms with van der Waals surface area (Å²) >= 11 is 0. The molecule has 0 bridgehead atoms. The van der Waals surface area contributed by atoms with Crippen molar-refractivity contribution in [2.75, 3.05) is 0 Å². The first-order valence-corrected chi connectivity index (χ1v) is 42.5. The Kier molecular flexibility index (Phi) is 18.0. The maximum Gasteiger partial charge on any atom is 0.104 e. The monoisotopic (exact) mass is 1320 g/mol. The average Bonchev–Trinajstić information content (AvgIpc) is 1.44. The van der Waals surface area contributed by atoms with Crippen LogP contribution in [0.4, 0.5) is 0 Å².